The number of rotatable bonds is 3. The maximum Gasteiger partial charge on any atom is 0.336 e. The van der Waals surface area contributed by atoms with Gasteiger partial charge in [0.15, 0.2) is 0 Å². The number of nitrogens with one attached hydrogen (secondary N) is 1. The maximum atomic E-state index is 12.0. The minimum absolute atomic E-state index is 0.0809. The second-order valence-corrected chi connectivity index (χ2v) is 7.19. The molecule has 2 fully saturated rings. The van der Waals surface area contributed by atoms with Crippen LogP contribution in [-0.4, -0.2) is 46.1 Å². The molecule has 0 unspecified atom stereocenters. The molecule has 4 N–H and O–H groups in total. The van der Waals surface area contributed by atoms with Crippen LogP contribution in [0.3, 0.4) is 0 Å². The van der Waals surface area contributed by atoms with Gasteiger partial charge in [-0.3, -0.25) is 9.63 Å². The number of aliphatic carboxylic acids is 1. The van der Waals surface area contributed by atoms with E-state index in [-0.39, 0.29) is 17.4 Å². The Kier molecular flexibility index (Phi) is 7.47. The van der Waals surface area contributed by atoms with E-state index in [0.29, 0.717) is 13.0 Å². The van der Waals surface area contributed by atoms with Crippen LogP contribution in [0.15, 0.2) is 0 Å². The highest BCUT2D eigenvalue weighted by Crippen LogP contribution is 2.29. The Morgan fingerprint density at radius 3 is 2.12 bits per heavy atom. The van der Waals surface area contributed by atoms with Crippen molar-refractivity contribution in [3.8, 4) is 0 Å². The molecule has 0 spiro atoms. The summed E-state index contributed by atoms with van der Waals surface area (Å²) in [6, 6.07) is -1.23. The summed E-state index contributed by atoms with van der Waals surface area (Å²) in [6.45, 7) is 6.06. The predicted molar refractivity (Wildman–Crippen MR) is 87.9 cm³/mol. The summed E-state index contributed by atoms with van der Waals surface area (Å²) in [5.74, 6) is -0.666. The SMILES string of the molecule is CC(C)(C)ONC(N)=O.O=C(O)[C@@H]1CCCN1C(=O)C1CCCC1. The lowest BCUT2D eigenvalue weighted by molar-refractivity contribution is -0.149. The third kappa shape index (κ3) is 6.74. The number of hydrogen-bond donors (Lipinski definition) is 3. The van der Waals surface area contributed by atoms with Gasteiger partial charge in [0.2, 0.25) is 5.91 Å². The van der Waals surface area contributed by atoms with Crippen LogP contribution in [0, 0.1) is 5.92 Å². The number of urea groups is 1. The Bertz CT molecular complexity index is 455. The first-order valence-corrected chi connectivity index (χ1v) is 8.38. The summed E-state index contributed by atoms with van der Waals surface area (Å²) >= 11 is 0. The molecule has 8 heteroatoms. The molecule has 1 heterocycles. The maximum absolute atomic E-state index is 12.0. The van der Waals surface area contributed by atoms with Crippen LogP contribution in [0.25, 0.3) is 0 Å². The summed E-state index contributed by atoms with van der Waals surface area (Å²) in [7, 11) is 0. The second kappa shape index (κ2) is 8.86. The summed E-state index contributed by atoms with van der Waals surface area (Å²) in [6.07, 6.45) is 5.57. The Morgan fingerprint density at radius 2 is 1.71 bits per heavy atom. The summed E-state index contributed by atoms with van der Waals surface area (Å²) in [4.78, 5) is 39.3. The molecule has 0 aromatic carbocycles. The molecular weight excluding hydrogens is 314 g/mol. The number of primary amides is 1. The number of carboxylic acids is 1. The fourth-order valence-corrected chi connectivity index (χ4v) is 2.90. The average molecular weight is 343 g/mol. The van der Waals surface area contributed by atoms with Crippen LogP contribution >= 0.6 is 0 Å². The normalized spacial score (nSPS) is 21.1. The van der Waals surface area contributed by atoms with E-state index >= 15 is 0 Å². The molecule has 0 aromatic rings. The van der Waals surface area contributed by atoms with E-state index in [2.05, 4.69) is 0 Å². The smallest absolute Gasteiger partial charge is 0.336 e. The lowest BCUT2D eigenvalue weighted by Crippen LogP contribution is -2.43. The van der Waals surface area contributed by atoms with Crippen molar-refractivity contribution in [2.45, 2.75) is 70.9 Å². The van der Waals surface area contributed by atoms with Gasteiger partial charge in [-0.05, 0) is 46.5 Å². The van der Waals surface area contributed by atoms with Crippen molar-refractivity contribution in [1.82, 2.24) is 10.4 Å². The third-order valence-corrected chi connectivity index (χ3v) is 3.98. The largest absolute Gasteiger partial charge is 0.480 e. The van der Waals surface area contributed by atoms with Gasteiger partial charge in [-0.1, -0.05) is 12.8 Å². The first-order valence-electron chi connectivity index (χ1n) is 8.38. The summed E-state index contributed by atoms with van der Waals surface area (Å²) < 4.78 is 0. The van der Waals surface area contributed by atoms with Crippen LogP contribution in [0.4, 0.5) is 4.79 Å². The van der Waals surface area contributed by atoms with Crippen molar-refractivity contribution in [1.29, 1.82) is 0 Å². The third-order valence-electron chi connectivity index (χ3n) is 3.98. The lowest BCUT2D eigenvalue weighted by Gasteiger charge is -2.24. The number of nitrogens with zero attached hydrogens (tertiary/aromatic N) is 1. The number of nitrogens with two attached hydrogens (primary N) is 1. The topological polar surface area (TPSA) is 122 Å². The van der Waals surface area contributed by atoms with Gasteiger partial charge in [0, 0.05) is 12.5 Å². The molecular formula is C16H29N3O5. The van der Waals surface area contributed by atoms with Gasteiger partial charge in [-0.2, -0.15) is 0 Å². The monoisotopic (exact) mass is 343 g/mol. The molecule has 1 aliphatic heterocycles. The second-order valence-electron chi connectivity index (χ2n) is 7.19. The van der Waals surface area contributed by atoms with Crippen molar-refractivity contribution >= 4 is 17.9 Å². The molecule has 1 atom stereocenters. The van der Waals surface area contributed by atoms with E-state index in [1.54, 1.807) is 4.90 Å². The molecule has 138 valence electrons. The minimum Gasteiger partial charge on any atom is -0.480 e. The molecule has 0 bridgehead atoms. The van der Waals surface area contributed by atoms with Gasteiger partial charge >= 0.3 is 12.0 Å². The van der Waals surface area contributed by atoms with E-state index in [1.807, 2.05) is 26.3 Å². The Morgan fingerprint density at radius 1 is 1.12 bits per heavy atom. The number of amides is 3. The highest BCUT2D eigenvalue weighted by molar-refractivity contribution is 5.85. The van der Waals surface area contributed by atoms with E-state index < -0.39 is 18.0 Å². The van der Waals surface area contributed by atoms with Crippen molar-refractivity contribution in [2.75, 3.05) is 6.54 Å². The van der Waals surface area contributed by atoms with Crippen LogP contribution in [0.1, 0.15) is 59.3 Å². The van der Waals surface area contributed by atoms with E-state index in [9.17, 15) is 14.4 Å². The number of likely N-dealkylation sites (tertiary alicyclic amines) is 1. The van der Waals surface area contributed by atoms with E-state index in [1.165, 1.54) is 0 Å². The Labute approximate surface area is 142 Å². The van der Waals surface area contributed by atoms with Gasteiger partial charge in [-0.25, -0.2) is 15.1 Å². The zero-order valence-corrected chi connectivity index (χ0v) is 14.7. The fourth-order valence-electron chi connectivity index (χ4n) is 2.90. The van der Waals surface area contributed by atoms with Crippen LogP contribution in [0.5, 0.6) is 0 Å². The molecule has 1 saturated heterocycles. The van der Waals surface area contributed by atoms with Crippen molar-refractivity contribution < 1.29 is 24.3 Å². The number of carbonyl (C=O) groups excluding carboxylic acids is 2. The number of hydroxylamine groups is 1. The Hall–Kier alpha value is -1.83. The first-order chi connectivity index (χ1) is 11.1. The average Bonchev–Trinajstić information content (AvgIpc) is 3.15. The van der Waals surface area contributed by atoms with Crippen molar-refractivity contribution in [3.63, 3.8) is 0 Å². The van der Waals surface area contributed by atoms with Gasteiger partial charge in [0.25, 0.3) is 0 Å². The number of carbonyl (C=O) groups is 3. The van der Waals surface area contributed by atoms with Crippen LogP contribution in [0.2, 0.25) is 0 Å². The number of carboxylic acid groups (broad SMARTS) is 1. The molecule has 2 rings (SSSR count). The summed E-state index contributed by atoms with van der Waals surface area (Å²) in [5.41, 5.74) is 6.37. The quantitative estimate of drug-likeness (QED) is 0.672. The molecule has 2 aliphatic rings. The van der Waals surface area contributed by atoms with Crippen molar-refractivity contribution in [3.05, 3.63) is 0 Å². The Balaban J connectivity index is 0.000000277. The standard InChI is InChI=1S/C11H17NO3.C5H12N2O2/c13-10(8-4-1-2-5-8)12-7-3-6-9(12)11(14)15;1-5(2,3)9-7-4(6)8/h8-9H,1-7H2,(H,14,15);1-3H3,(H3,6,7,8)/t9-;/m0./s1. The van der Waals surface area contributed by atoms with Crippen molar-refractivity contribution in [2.24, 2.45) is 11.7 Å². The van der Waals surface area contributed by atoms with Crippen LogP contribution < -0.4 is 11.2 Å². The lowest BCUT2D eigenvalue weighted by atomic mass is 10.1. The molecule has 0 radical (unpaired) electrons. The molecule has 1 aliphatic carbocycles. The summed E-state index contributed by atoms with van der Waals surface area (Å²) in [5, 5.41) is 8.98. The first kappa shape index (κ1) is 20.2. The van der Waals surface area contributed by atoms with E-state index in [4.69, 9.17) is 15.7 Å². The van der Waals surface area contributed by atoms with Crippen LogP contribution in [-0.2, 0) is 14.4 Å². The highest BCUT2D eigenvalue weighted by atomic mass is 16.7. The number of hydrogen-bond acceptors (Lipinski definition) is 4. The van der Waals surface area contributed by atoms with Gasteiger partial charge < -0.3 is 15.7 Å². The molecule has 3 amide bonds. The molecule has 1 saturated carbocycles. The highest BCUT2D eigenvalue weighted by Gasteiger charge is 2.37. The zero-order chi connectivity index (χ0) is 18.3. The fraction of sp³-hybridized carbons (Fsp3) is 0.812. The van der Waals surface area contributed by atoms with E-state index in [0.717, 1.165) is 32.1 Å². The molecule has 24 heavy (non-hydrogen) atoms. The van der Waals surface area contributed by atoms with Gasteiger partial charge in [0.1, 0.15) is 6.04 Å². The van der Waals surface area contributed by atoms with Gasteiger partial charge in [-0.15, -0.1) is 0 Å². The minimum atomic E-state index is -0.848. The van der Waals surface area contributed by atoms with Gasteiger partial charge in [0.05, 0.1) is 5.60 Å². The molecule has 0 aromatic heterocycles. The predicted octanol–water partition coefficient (Wildman–Crippen LogP) is 1.64. The molecule has 8 nitrogen and oxygen atoms in total. The zero-order valence-electron chi connectivity index (χ0n) is 14.7.